The summed E-state index contributed by atoms with van der Waals surface area (Å²) in [4.78, 5) is 24.6. The Kier molecular flexibility index (Phi) is 6.70. The van der Waals surface area contributed by atoms with Crippen LogP contribution < -0.4 is 5.32 Å². The van der Waals surface area contributed by atoms with E-state index in [2.05, 4.69) is 22.2 Å². The van der Waals surface area contributed by atoms with Gasteiger partial charge in [-0.1, -0.05) is 43.5 Å². The first kappa shape index (κ1) is 20.5. The number of hydrogen-bond acceptors (Lipinski definition) is 4. The molecule has 1 aromatic carbocycles. The van der Waals surface area contributed by atoms with Crippen LogP contribution in [0.15, 0.2) is 54.7 Å². The number of fused-ring (bicyclic) bond motifs is 1. The first-order valence-corrected chi connectivity index (χ1v) is 11.0. The van der Waals surface area contributed by atoms with Gasteiger partial charge in [0.05, 0.1) is 22.5 Å². The highest BCUT2D eigenvalue weighted by molar-refractivity contribution is 6.07. The minimum atomic E-state index is -0.0499. The Balaban J connectivity index is 1.43. The quantitative estimate of drug-likeness (QED) is 0.583. The third-order valence-electron chi connectivity index (χ3n) is 6.06. The topological polar surface area (TPSA) is 58.1 Å². The van der Waals surface area contributed by atoms with E-state index in [0.717, 1.165) is 35.3 Å². The van der Waals surface area contributed by atoms with Crippen molar-refractivity contribution in [3.8, 4) is 11.4 Å². The lowest BCUT2D eigenvalue weighted by molar-refractivity contribution is 0.0952. The monoisotopic (exact) mass is 402 g/mol. The van der Waals surface area contributed by atoms with Gasteiger partial charge in [0.2, 0.25) is 0 Å². The third-order valence-corrected chi connectivity index (χ3v) is 6.06. The maximum Gasteiger partial charge on any atom is 0.252 e. The molecule has 1 aliphatic carbocycles. The van der Waals surface area contributed by atoms with E-state index in [-0.39, 0.29) is 5.91 Å². The number of carbonyl (C=O) groups excluding carboxylic acids is 1. The molecule has 1 fully saturated rings. The summed E-state index contributed by atoms with van der Waals surface area (Å²) >= 11 is 0. The van der Waals surface area contributed by atoms with E-state index in [1.54, 1.807) is 6.20 Å². The lowest BCUT2D eigenvalue weighted by Crippen LogP contribution is -2.35. The van der Waals surface area contributed by atoms with E-state index >= 15 is 0 Å². The molecule has 2 aromatic heterocycles. The van der Waals surface area contributed by atoms with Crippen molar-refractivity contribution in [2.24, 2.45) is 0 Å². The molecule has 1 aliphatic rings. The zero-order valence-electron chi connectivity index (χ0n) is 17.7. The molecule has 156 valence electrons. The fourth-order valence-corrected chi connectivity index (χ4v) is 4.34. The fraction of sp³-hybridized carbons (Fsp3) is 0.400. The zero-order valence-corrected chi connectivity index (χ0v) is 17.7. The van der Waals surface area contributed by atoms with Crippen LogP contribution in [-0.2, 0) is 0 Å². The van der Waals surface area contributed by atoms with E-state index in [0.29, 0.717) is 18.2 Å². The minimum absolute atomic E-state index is 0.0499. The van der Waals surface area contributed by atoms with Crippen molar-refractivity contribution in [2.75, 3.05) is 20.1 Å². The second kappa shape index (κ2) is 9.81. The highest BCUT2D eigenvalue weighted by atomic mass is 16.1. The van der Waals surface area contributed by atoms with E-state index in [4.69, 9.17) is 4.98 Å². The molecule has 0 radical (unpaired) electrons. The van der Waals surface area contributed by atoms with Crippen LogP contribution >= 0.6 is 0 Å². The van der Waals surface area contributed by atoms with Crippen molar-refractivity contribution in [2.45, 2.75) is 44.6 Å². The van der Waals surface area contributed by atoms with E-state index < -0.39 is 0 Å². The molecule has 5 heteroatoms. The SMILES string of the molecule is CN(CCCNC(=O)c1cc(-c2ccccn2)nc2ccccc12)C1CCCCC1. The fourth-order valence-electron chi connectivity index (χ4n) is 4.34. The van der Waals surface area contributed by atoms with Gasteiger partial charge < -0.3 is 10.2 Å². The zero-order chi connectivity index (χ0) is 20.8. The Labute approximate surface area is 178 Å². The minimum Gasteiger partial charge on any atom is -0.352 e. The summed E-state index contributed by atoms with van der Waals surface area (Å²) in [6, 6.07) is 16.1. The van der Waals surface area contributed by atoms with Crippen LogP contribution in [0.1, 0.15) is 48.9 Å². The summed E-state index contributed by atoms with van der Waals surface area (Å²) in [7, 11) is 2.22. The predicted molar refractivity (Wildman–Crippen MR) is 121 cm³/mol. The lowest BCUT2D eigenvalue weighted by Gasteiger charge is -2.31. The smallest absolute Gasteiger partial charge is 0.252 e. The van der Waals surface area contributed by atoms with Gasteiger partial charge in [0.1, 0.15) is 0 Å². The summed E-state index contributed by atoms with van der Waals surface area (Å²) < 4.78 is 0. The summed E-state index contributed by atoms with van der Waals surface area (Å²) in [5.41, 5.74) is 2.95. The van der Waals surface area contributed by atoms with Crippen molar-refractivity contribution in [1.29, 1.82) is 0 Å². The number of hydrogen-bond donors (Lipinski definition) is 1. The van der Waals surface area contributed by atoms with Crippen LogP contribution in [0.3, 0.4) is 0 Å². The number of nitrogens with zero attached hydrogens (tertiary/aromatic N) is 3. The maximum absolute atomic E-state index is 13.0. The number of pyridine rings is 2. The molecule has 0 spiro atoms. The van der Waals surface area contributed by atoms with Gasteiger partial charge in [-0.15, -0.1) is 0 Å². The second-order valence-corrected chi connectivity index (χ2v) is 8.17. The number of rotatable bonds is 7. The standard InChI is InChI=1S/C25H30N4O/c1-29(19-10-3-2-4-11-19)17-9-16-27-25(30)21-18-24(23-14-7-8-15-26-23)28-22-13-6-5-12-20(21)22/h5-8,12-15,18-19H,2-4,9-11,16-17H2,1H3,(H,27,30). The third kappa shape index (κ3) is 4.85. The Morgan fingerprint density at radius 2 is 1.87 bits per heavy atom. The first-order valence-electron chi connectivity index (χ1n) is 11.0. The van der Waals surface area contributed by atoms with Gasteiger partial charge in [-0.05, 0) is 57.1 Å². The highest BCUT2D eigenvalue weighted by Crippen LogP contribution is 2.24. The Morgan fingerprint density at radius 3 is 2.67 bits per heavy atom. The first-order chi connectivity index (χ1) is 14.7. The van der Waals surface area contributed by atoms with Crippen LogP contribution in [0.25, 0.3) is 22.3 Å². The van der Waals surface area contributed by atoms with Gasteiger partial charge in [0.15, 0.2) is 0 Å². The van der Waals surface area contributed by atoms with Crippen LogP contribution in [-0.4, -0.2) is 47.0 Å². The van der Waals surface area contributed by atoms with Gasteiger partial charge in [0, 0.05) is 24.2 Å². The van der Waals surface area contributed by atoms with Crippen molar-refractivity contribution in [1.82, 2.24) is 20.2 Å². The Morgan fingerprint density at radius 1 is 1.07 bits per heavy atom. The van der Waals surface area contributed by atoms with Gasteiger partial charge in [0.25, 0.3) is 5.91 Å². The van der Waals surface area contributed by atoms with Gasteiger partial charge in [-0.25, -0.2) is 4.98 Å². The number of amides is 1. The normalized spacial score (nSPS) is 14.9. The van der Waals surface area contributed by atoms with E-state index in [1.807, 2.05) is 48.5 Å². The molecule has 0 bridgehead atoms. The molecule has 1 saturated carbocycles. The summed E-state index contributed by atoms with van der Waals surface area (Å²) in [6.07, 6.45) is 9.38. The summed E-state index contributed by atoms with van der Waals surface area (Å²) in [5, 5.41) is 3.98. The van der Waals surface area contributed by atoms with Crippen molar-refractivity contribution < 1.29 is 4.79 Å². The molecule has 0 saturated heterocycles. The summed E-state index contributed by atoms with van der Waals surface area (Å²) in [6.45, 7) is 1.69. The van der Waals surface area contributed by atoms with Crippen molar-refractivity contribution in [3.05, 3.63) is 60.3 Å². The molecule has 1 amide bonds. The number of aromatic nitrogens is 2. The molecule has 0 unspecified atom stereocenters. The van der Waals surface area contributed by atoms with Crippen LogP contribution in [0.4, 0.5) is 0 Å². The number of nitrogens with one attached hydrogen (secondary N) is 1. The summed E-state index contributed by atoms with van der Waals surface area (Å²) in [5.74, 6) is -0.0499. The van der Waals surface area contributed by atoms with E-state index in [9.17, 15) is 4.79 Å². The largest absolute Gasteiger partial charge is 0.352 e. The Bertz CT molecular complexity index is 983. The molecule has 5 nitrogen and oxygen atoms in total. The number of carbonyl (C=O) groups is 1. The average Bonchev–Trinajstić information content (AvgIpc) is 2.82. The second-order valence-electron chi connectivity index (χ2n) is 8.17. The molecule has 0 aliphatic heterocycles. The lowest BCUT2D eigenvalue weighted by atomic mass is 9.94. The molecule has 1 N–H and O–H groups in total. The van der Waals surface area contributed by atoms with Crippen LogP contribution in [0.5, 0.6) is 0 Å². The van der Waals surface area contributed by atoms with E-state index in [1.165, 1.54) is 32.1 Å². The molecule has 3 aromatic rings. The average molecular weight is 403 g/mol. The van der Waals surface area contributed by atoms with Crippen LogP contribution in [0, 0.1) is 0 Å². The molecule has 0 atom stereocenters. The predicted octanol–water partition coefficient (Wildman–Crippen LogP) is 4.68. The van der Waals surface area contributed by atoms with Crippen molar-refractivity contribution >= 4 is 16.8 Å². The highest BCUT2D eigenvalue weighted by Gasteiger charge is 2.18. The van der Waals surface area contributed by atoms with Crippen molar-refractivity contribution in [3.63, 3.8) is 0 Å². The Hall–Kier alpha value is -2.79. The number of benzene rings is 1. The molecule has 2 heterocycles. The maximum atomic E-state index is 13.0. The molecular formula is C25H30N4O. The molecular weight excluding hydrogens is 372 g/mol. The molecule has 4 rings (SSSR count). The van der Waals surface area contributed by atoms with Gasteiger partial charge in [-0.3, -0.25) is 9.78 Å². The van der Waals surface area contributed by atoms with Gasteiger partial charge in [-0.2, -0.15) is 0 Å². The molecule has 30 heavy (non-hydrogen) atoms. The van der Waals surface area contributed by atoms with Crippen LogP contribution in [0.2, 0.25) is 0 Å². The number of para-hydroxylation sites is 1. The van der Waals surface area contributed by atoms with Gasteiger partial charge >= 0.3 is 0 Å².